The first-order chi connectivity index (χ1) is 5.33. The zero-order chi connectivity index (χ0) is 8.10. The molecule has 0 saturated heterocycles. The van der Waals surface area contributed by atoms with Crippen LogP contribution in [0.4, 0.5) is 4.39 Å². The van der Waals surface area contributed by atoms with Crippen molar-refractivity contribution in [2.45, 2.75) is 0 Å². The maximum absolute atomic E-state index is 12.4. The summed E-state index contributed by atoms with van der Waals surface area (Å²) in [4.78, 5) is 13.6. The lowest BCUT2D eigenvalue weighted by Crippen LogP contribution is -1.81. The molecule has 0 radical (unpaired) electrons. The summed E-state index contributed by atoms with van der Waals surface area (Å²) < 4.78 is 12.4. The van der Waals surface area contributed by atoms with Gasteiger partial charge in [-0.3, -0.25) is 9.78 Å². The minimum Gasteiger partial charge on any atom is -0.299 e. The molecule has 1 rings (SSSR count). The third-order valence-electron chi connectivity index (χ3n) is 1.09. The molecule has 3 heteroatoms. The zero-order valence-electron chi connectivity index (χ0n) is 5.70. The van der Waals surface area contributed by atoms with Crippen LogP contribution in [-0.2, 0) is 4.79 Å². The average Bonchev–Trinajstić information content (AvgIpc) is 2.01. The number of allylic oxidation sites excluding steroid dienone is 1. The van der Waals surface area contributed by atoms with Gasteiger partial charge >= 0.3 is 0 Å². The molecule has 1 heterocycles. The molecule has 1 aromatic heterocycles. The molecule has 0 unspecified atom stereocenters. The number of rotatable bonds is 2. The van der Waals surface area contributed by atoms with E-state index in [1.54, 1.807) is 0 Å². The van der Waals surface area contributed by atoms with Crippen LogP contribution in [-0.4, -0.2) is 11.3 Å². The Morgan fingerprint density at radius 3 is 3.00 bits per heavy atom. The Kier molecular flexibility index (Phi) is 2.49. The molecule has 11 heavy (non-hydrogen) atoms. The number of halogens is 1. The molecule has 0 saturated carbocycles. The first kappa shape index (κ1) is 7.60. The summed E-state index contributed by atoms with van der Waals surface area (Å²) in [6.45, 7) is 0. The highest BCUT2D eigenvalue weighted by Gasteiger charge is 1.89. The van der Waals surface area contributed by atoms with Crippen LogP contribution < -0.4 is 0 Å². The first-order valence-electron chi connectivity index (χ1n) is 3.06. The summed E-state index contributed by atoms with van der Waals surface area (Å²) in [5, 5.41) is 0. The van der Waals surface area contributed by atoms with Gasteiger partial charge in [-0.2, -0.15) is 0 Å². The van der Waals surface area contributed by atoms with E-state index < -0.39 is 0 Å². The molecule has 0 amide bonds. The van der Waals surface area contributed by atoms with Gasteiger partial charge in [0.05, 0.1) is 5.69 Å². The second-order valence-corrected chi connectivity index (χ2v) is 1.89. The van der Waals surface area contributed by atoms with Gasteiger partial charge in [-0.05, 0) is 24.3 Å². The van der Waals surface area contributed by atoms with Crippen LogP contribution in [0.2, 0.25) is 0 Å². The van der Waals surface area contributed by atoms with Crippen LogP contribution in [0.1, 0.15) is 5.69 Å². The molecular formula is C8H6FNO. The predicted molar refractivity (Wildman–Crippen MR) is 39.3 cm³/mol. The summed E-state index contributed by atoms with van der Waals surface area (Å²) in [5.41, 5.74) is 0.442. The van der Waals surface area contributed by atoms with Crippen molar-refractivity contribution in [3.05, 3.63) is 35.9 Å². The highest BCUT2D eigenvalue weighted by molar-refractivity contribution is 5.72. The van der Waals surface area contributed by atoms with Gasteiger partial charge in [0.1, 0.15) is 12.1 Å². The third kappa shape index (κ3) is 2.29. The van der Waals surface area contributed by atoms with Gasteiger partial charge in [0.2, 0.25) is 0 Å². The van der Waals surface area contributed by atoms with Gasteiger partial charge in [-0.1, -0.05) is 0 Å². The molecule has 56 valence electrons. The molecule has 0 fully saturated rings. The lowest BCUT2D eigenvalue weighted by Gasteiger charge is -1.89. The maximum atomic E-state index is 12.4. The van der Waals surface area contributed by atoms with E-state index in [4.69, 9.17) is 0 Å². The molecule has 0 bridgehead atoms. The summed E-state index contributed by atoms with van der Waals surface area (Å²) in [7, 11) is 0. The van der Waals surface area contributed by atoms with Crippen molar-refractivity contribution in [3.8, 4) is 0 Å². The maximum Gasteiger partial charge on any atom is 0.142 e. The average molecular weight is 151 g/mol. The minimum atomic E-state index is -0.356. The summed E-state index contributed by atoms with van der Waals surface area (Å²) in [6.07, 6.45) is 4.67. The lowest BCUT2D eigenvalue weighted by molar-refractivity contribution is -0.104. The van der Waals surface area contributed by atoms with Crippen molar-refractivity contribution >= 4 is 12.4 Å². The monoisotopic (exact) mass is 151 g/mol. The zero-order valence-corrected chi connectivity index (χ0v) is 5.70. The van der Waals surface area contributed by atoms with E-state index >= 15 is 0 Å². The number of hydrogen-bond acceptors (Lipinski definition) is 2. The second kappa shape index (κ2) is 3.61. The third-order valence-corrected chi connectivity index (χ3v) is 1.09. The van der Waals surface area contributed by atoms with Crippen molar-refractivity contribution in [1.29, 1.82) is 0 Å². The molecule has 0 aliphatic rings. The van der Waals surface area contributed by atoms with Gasteiger partial charge in [0.25, 0.3) is 0 Å². The number of aromatic nitrogens is 1. The normalized spacial score (nSPS) is 10.3. The Morgan fingerprint density at radius 1 is 1.55 bits per heavy atom. The minimum absolute atomic E-state index is 0.356. The van der Waals surface area contributed by atoms with E-state index in [1.807, 2.05) is 0 Å². The fraction of sp³-hybridized carbons (Fsp3) is 0. The molecule has 1 aromatic rings. The van der Waals surface area contributed by atoms with Crippen molar-refractivity contribution in [1.82, 2.24) is 4.98 Å². The number of carbonyl (C=O) groups is 1. The fourth-order valence-corrected chi connectivity index (χ4v) is 0.650. The number of pyridine rings is 1. The van der Waals surface area contributed by atoms with E-state index in [0.717, 1.165) is 0 Å². The lowest BCUT2D eigenvalue weighted by atomic mass is 10.3. The predicted octanol–water partition coefficient (Wildman–Crippen LogP) is 1.43. The number of hydrogen-bond donors (Lipinski definition) is 0. The van der Waals surface area contributed by atoms with Crippen LogP contribution in [0.15, 0.2) is 24.4 Å². The van der Waals surface area contributed by atoms with Gasteiger partial charge in [0, 0.05) is 6.20 Å². The Hall–Kier alpha value is -1.51. The van der Waals surface area contributed by atoms with Crippen molar-refractivity contribution in [3.63, 3.8) is 0 Å². The first-order valence-corrected chi connectivity index (χ1v) is 3.06. The highest BCUT2D eigenvalue weighted by atomic mass is 19.1. The number of nitrogens with zero attached hydrogens (tertiary/aromatic N) is 1. The quantitative estimate of drug-likeness (QED) is 0.472. The number of aldehydes is 1. The van der Waals surface area contributed by atoms with Gasteiger partial charge in [0.15, 0.2) is 0 Å². The van der Waals surface area contributed by atoms with Crippen LogP contribution in [0.3, 0.4) is 0 Å². The standard InChI is InChI=1S/C8H6FNO/c9-7-3-4-10-8(6-7)2-1-5-11/h1-6H/b2-1+. The topological polar surface area (TPSA) is 30.0 Å². The molecular weight excluding hydrogens is 145 g/mol. The van der Waals surface area contributed by atoms with Gasteiger partial charge in [-0.25, -0.2) is 4.39 Å². The van der Waals surface area contributed by atoms with Crippen LogP contribution in [0.5, 0.6) is 0 Å². The molecule has 0 aromatic carbocycles. The van der Waals surface area contributed by atoms with Gasteiger partial charge < -0.3 is 0 Å². The molecule has 0 atom stereocenters. The fourth-order valence-electron chi connectivity index (χ4n) is 0.650. The Bertz CT molecular complexity index is 283. The highest BCUT2D eigenvalue weighted by Crippen LogP contribution is 2.00. The Labute approximate surface area is 63.4 Å². The van der Waals surface area contributed by atoms with E-state index in [9.17, 15) is 9.18 Å². The van der Waals surface area contributed by atoms with Crippen molar-refractivity contribution in [2.24, 2.45) is 0 Å². The van der Waals surface area contributed by atoms with Crippen LogP contribution >= 0.6 is 0 Å². The van der Waals surface area contributed by atoms with Crippen LogP contribution in [0, 0.1) is 5.82 Å². The smallest absolute Gasteiger partial charge is 0.142 e. The molecule has 0 spiro atoms. The SMILES string of the molecule is O=C/C=C/c1cc(F)ccn1. The number of carbonyl (C=O) groups excluding carboxylic acids is 1. The summed E-state index contributed by atoms with van der Waals surface area (Å²) in [6, 6.07) is 2.50. The Balaban J connectivity index is 2.87. The van der Waals surface area contributed by atoms with Crippen molar-refractivity contribution < 1.29 is 9.18 Å². The second-order valence-electron chi connectivity index (χ2n) is 1.89. The van der Waals surface area contributed by atoms with Crippen LogP contribution in [0.25, 0.3) is 6.08 Å². The molecule has 0 N–H and O–H groups in total. The molecule has 0 aliphatic carbocycles. The molecule has 0 aliphatic heterocycles. The van der Waals surface area contributed by atoms with Crippen molar-refractivity contribution in [2.75, 3.05) is 0 Å². The Morgan fingerprint density at radius 2 is 2.36 bits per heavy atom. The van der Waals surface area contributed by atoms with E-state index in [-0.39, 0.29) is 5.82 Å². The summed E-state index contributed by atoms with van der Waals surface area (Å²) in [5.74, 6) is -0.356. The largest absolute Gasteiger partial charge is 0.299 e. The van der Waals surface area contributed by atoms with E-state index in [1.165, 1.54) is 30.5 Å². The van der Waals surface area contributed by atoms with Gasteiger partial charge in [-0.15, -0.1) is 0 Å². The van der Waals surface area contributed by atoms with E-state index in [2.05, 4.69) is 4.98 Å². The molecule has 2 nitrogen and oxygen atoms in total. The summed E-state index contributed by atoms with van der Waals surface area (Å²) >= 11 is 0. The van der Waals surface area contributed by atoms with E-state index in [0.29, 0.717) is 12.0 Å².